The third kappa shape index (κ3) is 2.24. The fraction of sp³-hybridized carbons (Fsp3) is 0.118. The summed E-state index contributed by atoms with van der Waals surface area (Å²) in [6.45, 7) is 0.496. The van der Waals surface area contributed by atoms with Crippen LogP contribution in [-0.2, 0) is 6.54 Å². The van der Waals surface area contributed by atoms with Gasteiger partial charge in [0.25, 0.3) is 5.56 Å². The Morgan fingerprint density at radius 1 is 1.13 bits per heavy atom. The van der Waals surface area contributed by atoms with Crippen LogP contribution in [-0.4, -0.2) is 26.3 Å². The van der Waals surface area contributed by atoms with Crippen molar-refractivity contribution in [1.82, 2.24) is 19.2 Å². The molecule has 0 atom stereocenters. The van der Waals surface area contributed by atoms with Gasteiger partial charge in [-0.1, -0.05) is 12.1 Å². The standard InChI is InChI=1S/C17H14N4O2/c1-23-13-4-2-12(3-5-13)11-20-9-7-15-14(17(20)22)10-18-16-6-8-19-21(15)16/h2-10H,11H2,1H3. The summed E-state index contributed by atoms with van der Waals surface area (Å²) in [6.07, 6.45) is 5.07. The molecule has 0 spiro atoms. The molecule has 23 heavy (non-hydrogen) atoms. The van der Waals surface area contributed by atoms with Crippen LogP contribution >= 0.6 is 0 Å². The first-order valence-electron chi connectivity index (χ1n) is 7.21. The molecule has 0 N–H and O–H groups in total. The van der Waals surface area contributed by atoms with Gasteiger partial charge in [-0.3, -0.25) is 4.79 Å². The summed E-state index contributed by atoms with van der Waals surface area (Å²) in [4.78, 5) is 17.0. The van der Waals surface area contributed by atoms with E-state index in [2.05, 4.69) is 10.1 Å². The first-order chi connectivity index (χ1) is 11.3. The molecule has 114 valence electrons. The number of rotatable bonds is 3. The molecule has 0 aliphatic rings. The van der Waals surface area contributed by atoms with Gasteiger partial charge >= 0.3 is 0 Å². The van der Waals surface area contributed by atoms with E-state index in [4.69, 9.17) is 4.74 Å². The van der Waals surface area contributed by atoms with Crippen molar-refractivity contribution in [3.05, 3.63) is 70.9 Å². The molecular formula is C17H14N4O2. The summed E-state index contributed by atoms with van der Waals surface area (Å²) in [5.74, 6) is 0.796. The summed E-state index contributed by atoms with van der Waals surface area (Å²) in [5, 5.41) is 4.77. The third-order valence-electron chi connectivity index (χ3n) is 3.87. The molecule has 0 saturated heterocycles. The van der Waals surface area contributed by atoms with Crippen LogP contribution in [0.3, 0.4) is 0 Å². The van der Waals surface area contributed by atoms with E-state index in [0.717, 1.165) is 22.5 Å². The van der Waals surface area contributed by atoms with Crippen LogP contribution in [0.15, 0.2) is 59.8 Å². The fourth-order valence-corrected chi connectivity index (χ4v) is 2.65. The molecule has 0 unspecified atom stereocenters. The van der Waals surface area contributed by atoms with Crippen LogP contribution in [0, 0.1) is 0 Å². The number of fused-ring (bicyclic) bond motifs is 3. The zero-order valence-electron chi connectivity index (χ0n) is 12.5. The summed E-state index contributed by atoms with van der Waals surface area (Å²) >= 11 is 0. The van der Waals surface area contributed by atoms with E-state index in [1.54, 1.807) is 34.8 Å². The van der Waals surface area contributed by atoms with E-state index in [-0.39, 0.29) is 5.56 Å². The van der Waals surface area contributed by atoms with Gasteiger partial charge in [-0.25, -0.2) is 9.50 Å². The van der Waals surface area contributed by atoms with Gasteiger partial charge in [0.15, 0.2) is 5.65 Å². The summed E-state index contributed by atoms with van der Waals surface area (Å²) in [6, 6.07) is 11.4. The monoisotopic (exact) mass is 306 g/mol. The Morgan fingerprint density at radius 3 is 2.74 bits per heavy atom. The number of pyridine rings is 1. The first kappa shape index (κ1) is 13.5. The highest BCUT2D eigenvalue weighted by Crippen LogP contribution is 2.13. The van der Waals surface area contributed by atoms with E-state index >= 15 is 0 Å². The van der Waals surface area contributed by atoms with Crippen molar-refractivity contribution in [1.29, 1.82) is 0 Å². The quantitative estimate of drug-likeness (QED) is 0.581. The van der Waals surface area contributed by atoms with Crippen LogP contribution in [0.2, 0.25) is 0 Å². The Kier molecular flexibility index (Phi) is 3.08. The van der Waals surface area contributed by atoms with E-state index < -0.39 is 0 Å². The lowest BCUT2D eigenvalue weighted by Gasteiger charge is -2.08. The van der Waals surface area contributed by atoms with Crippen molar-refractivity contribution in [3.63, 3.8) is 0 Å². The van der Waals surface area contributed by atoms with Gasteiger partial charge in [-0.2, -0.15) is 5.10 Å². The van der Waals surface area contributed by atoms with Gasteiger partial charge in [0.05, 0.1) is 30.8 Å². The number of nitrogens with zero attached hydrogens (tertiary/aromatic N) is 4. The average molecular weight is 306 g/mol. The van der Waals surface area contributed by atoms with Crippen molar-refractivity contribution in [2.75, 3.05) is 7.11 Å². The predicted octanol–water partition coefficient (Wildman–Crippen LogP) is 2.10. The number of ether oxygens (including phenoxy) is 1. The van der Waals surface area contributed by atoms with Crippen LogP contribution < -0.4 is 10.3 Å². The lowest BCUT2D eigenvalue weighted by atomic mass is 10.2. The molecule has 0 aliphatic heterocycles. The SMILES string of the molecule is COc1ccc(Cn2ccc3c(cnc4ccnn43)c2=O)cc1. The van der Waals surface area contributed by atoms with Crippen LogP contribution in [0.1, 0.15) is 5.56 Å². The Morgan fingerprint density at radius 2 is 1.96 bits per heavy atom. The smallest absolute Gasteiger partial charge is 0.261 e. The molecule has 0 radical (unpaired) electrons. The minimum Gasteiger partial charge on any atom is -0.497 e. The van der Waals surface area contributed by atoms with Gasteiger partial charge in [0.2, 0.25) is 0 Å². The molecule has 0 saturated carbocycles. The Balaban J connectivity index is 1.79. The highest BCUT2D eigenvalue weighted by atomic mass is 16.5. The van der Waals surface area contributed by atoms with Gasteiger partial charge in [-0.05, 0) is 23.8 Å². The third-order valence-corrected chi connectivity index (χ3v) is 3.87. The molecule has 6 nitrogen and oxygen atoms in total. The first-order valence-corrected chi connectivity index (χ1v) is 7.21. The second-order valence-electron chi connectivity index (χ2n) is 5.26. The minimum atomic E-state index is -0.0804. The number of methoxy groups -OCH3 is 1. The summed E-state index contributed by atoms with van der Waals surface area (Å²) in [7, 11) is 1.63. The maximum absolute atomic E-state index is 12.7. The van der Waals surface area contributed by atoms with Crippen molar-refractivity contribution < 1.29 is 4.74 Å². The molecule has 3 aromatic heterocycles. The second kappa shape index (κ2) is 5.24. The number of aromatic nitrogens is 4. The number of hydrogen-bond acceptors (Lipinski definition) is 4. The Bertz CT molecular complexity index is 1050. The van der Waals surface area contributed by atoms with Crippen molar-refractivity contribution in [3.8, 4) is 5.75 Å². The van der Waals surface area contributed by atoms with Gasteiger partial charge < -0.3 is 9.30 Å². The molecule has 0 fully saturated rings. The average Bonchev–Trinajstić information content (AvgIpc) is 3.07. The van der Waals surface area contributed by atoms with Crippen molar-refractivity contribution in [2.24, 2.45) is 0 Å². The molecule has 6 heteroatoms. The topological polar surface area (TPSA) is 61.4 Å². The van der Waals surface area contributed by atoms with Gasteiger partial charge in [-0.15, -0.1) is 0 Å². The Labute approximate surface area is 131 Å². The molecule has 0 aliphatic carbocycles. The summed E-state index contributed by atoms with van der Waals surface area (Å²) < 4.78 is 8.49. The lowest BCUT2D eigenvalue weighted by molar-refractivity contribution is 0.414. The van der Waals surface area contributed by atoms with E-state index in [1.165, 1.54) is 0 Å². The van der Waals surface area contributed by atoms with Crippen LogP contribution in [0.5, 0.6) is 5.75 Å². The normalized spacial score (nSPS) is 11.2. The van der Waals surface area contributed by atoms with E-state index in [0.29, 0.717) is 11.9 Å². The molecule has 0 amide bonds. The van der Waals surface area contributed by atoms with Gasteiger partial charge in [0, 0.05) is 18.5 Å². The maximum atomic E-state index is 12.7. The largest absolute Gasteiger partial charge is 0.497 e. The molecule has 3 heterocycles. The van der Waals surface area contributed by atoms with Crippen LogP contribution in [0.25, 0.3) is 16.6 Å². The summed E-state index contributed by atoms with van der Waals surface area (Å²) in [5.41, 5.74) is 2.43. The predicted molar refractivity (Wildman–Crippen MR) is 86.8 cm³/mol. The Hall–Kier alpha value is -3.15. The number of hydrogen-bond donors (Lipinski definition) is 0. The fourth-order valence-electron chi connectivity index (χ4n) is 2.65. The molecule has 4 aromatic rings. The van der Waals surface area contributed by atoms with Gasteiger partial charge in [0.1, 0.15) is 5.75 Å². The minimum absolute atomic E-state index is 0.0804. The molecule has 0 bridgehead atoms. The zero-order chi connectivity index (χ0) is 15.8. The van der Waals surface area contributed by atoms with Crippen molar-refractivity contribution in [2.45, 2.75) is 6.54 Å². The number of benzene rings is 1. The van der Waals surface area contributed by atoms with Crippen LogP contribution in [0.4, 0.5) is 0 Å². The van der Waals surface area contributed by atoms with E-state index in [9.17, 15) is 4.79 Å². The zero-order valence-corrected chi connectivity index (χ0v) is 12.5. The van der Waals surface area contributed by atoms with E-state index in [1.807, 2.05) is 36.4 Å². The second-order valence-corrected chi connectivity index (χ2v) is 5.26. The lowest BCUT2D eigenvalue weighted by Crippen LogP contribution is -2.21. The highest BCUT2D eigenvalue weighted by molar-refractivity contribution is 5.79. The highest BCUT2D eigenvalue weighted by Gasteiger charge is 2.08. The maximum Gasteiger partial charge on any atom is 0.261 e. The van der Waals surface area contributed by atoms with Crippen molar-refractivity contribution >= 4 is 16.6 Å². The molecule has 4 rings (SSSR count). The molecule has 1 aromatic carbocycles. The molecular weight excluding hydrogens is 292 g/mol.